The van der Waals surface area contributed by atoms with Crippen LogP contribution in [0, 0.1) is 6.92 Å². The number of carbonyl (C=O) groups excluding carboxylic acids is 1. The Morgan fingerprint density at radius 3 is 2.23 bits per heavy atom. The number of ether oxygens (including phenoxy) is 1. The van der Waals surface area contributed by atoms with Crippen LogP contribution in [0.4, 0.5) is 4.79 Å². The lowest BCUT2D eigenvalue weighted by atomic mass is 10.1. The van der Waals surface area contributed by atoms with Gasteiger partial charge in [-0.3, -0.25) is 5.32 Å². The molecule has 1 amide bonds. The van der Waals surface area contributed by atoms with Gasteiger partial charge in [0.05, 0.1) is 4.90 Å². The lowest BCUT2D eigenvalue weighted by Gasteiger charge is -2.26. The van der Waals surface area contributed by atoms with E-state index in [1.165, 1.54) is 12.1 Å². The summed E-state index contributed by atoms with van der Waals surface area (Å²) in [7, 11) is -4.22. The first-order valence-electron chi connectivity index (χ1n) is 9.68. The zero-order valence-corrected chi connectivity index (χ0v) is 18.5. The van der Waals surface area contributed by atoms with Gasteiger partial charge in [0.15, 0.2) is 6.23 Å². The fourth-order valence-electron chi connectivity index (χ4n) is 2.62. The Kier molecular flexibility index (Phi) is 8.00. The molecule has 0 saturated heterocycles. The van der Waals surface area contributed by atoms with E-state index in [-0.39, 0.29) is 11.3 Å². The summed E-state index contributed by atoms with van der Waals surface area (Å²) in [4.78, 5) is 12.1. The molecule has 0 aliphatic heterocycles. The summed E-state index contributed by atoms with van der Waals surface area (Å²) < 4.78 is 35.7. The van der Waals surface area contributed by atoms with Crippen molar-refractivity contribution in [2.75, 3.05) is 0 Å². The van der Waals surface area contributed by atoms with Gasteiger partial charge in [0, 0.05) is 0 Å². The van der Waals surface area contributed by atoms with Gasteiger partial charge in [0.1, 0.15) is 11.7 Å². The summed E-state index contributed by atoms with van der Waals surface area (Å²) in [5, 5.41) is 12.9. The molecule has 2 aromatic carbocycles. The second-order valence-corrected chi connectivity index (χ2v) is 9.59. The smallest absolute Gasteiger partial charge is 0.409 e. The molecule has 2 N–H and O–H groups in total. The minimum Gasteiger partial charge on any atom is -0.444 e. The highest BCUT2D eigenvalue weighted by molar-refractivity contribution is 7.86. The molecule has 2 atom stereocenters. The first kappa shape index (κ1) is 23.9. The number of hydrogen-bond donors (Lipinski definition) is 2. The third-order valence-electron chi connectivity index (χ3n) is 4.12. The molecule has 2 rings (SSSR count). The van der Waals surface area contributed by atoms with Crippen molar-refractivity contribution in [1.82, 2.24) is 5.32 Å². The van der Waals surface area contributed by atoms with Crippen LogP contribution in [0.1, 0.15) is 38.3 Å². The highest BCUT2D eigenvalue weighted by Gasteiger charge is 2.30. The molecule has 1 unspecified atom stereocenters. The van der Waals surface area contributed by atoms with Gasteiger partial charge >= 0.3 is 6.09 Å². The van der Waals surface area contributed by atoms with Crippen molar-refractivity contribution in [3.8, 4) is 0 Å². The molecule has 2 aromatic rings. The Labute approximate surface area is 178 Å². The van der Waals surface area contributed by atoms with E-state index in [1.807, 2.05) is 37.3 Å². The lowest BCUT2D eigenvalue weighted by molar-refractivity contribution is -0.00208. The molecule has 0 heterocycles. The predicted molar refractivity (Wildman–Crippen MR) is 113 cm³/mol. The Hall–Kier alpha value is -2.42. The third-order valence-corrected chi connectivity index (χ3v) is 5.43. The van der Waals surface area contributed by atoms with Crippen molar-refractivity contribution in [1.29, 1.82) is 0 Å². The van der Waals surface area contributed by atoms with Gasteiger partial charge in [-0.1, -0.05) is 48.0 Å². The molecule has 0 aromatic heterocycles. The fraction of sp³-hybridized carbons (Fsp3) is 0.409. The van der Waals surface area contributed by atoms with E-state index in [0.717, 1.165) is 11.1 Å². The molecule has 8 heteroatoms. The van der Waals surface area contributed by atoms with Crippen LogP contribution in [-0.2, 0) is 25.5 Å². The highest BCUT2D eigenvalue weighted by atomic mass is 32.2. The first-order valence-corrected chi connectivity index (χ1v) is 11.1. The van der Waals surface area contributed by atoms with E-state index in [2.05, 4.69) is 5.32 Å². The van der Waals surface area contributed by atoms with Gasteiger partial charge in [0.25, 0.3) is 10.1 Å². The molecule has 0 radical (unpaired) electrons. The van der Waals surface area contributed by atoms with Crippen LogP contribution in [0.15, 0.2) is 59.5 Å². The summed E-state index contributed by atoms with van der Waals surface area (Å²) >= 11 is 0. The summed E-state index contributed by atoms with van der Waals surface area (Å²) in [6, 6.07) is 15.5. The number of benzene rings is 2. The van der Waals surface area contributed by atoms with Crippen molar-refractivity contribution in [3.63, 3.8) is 0 Å². The molecule has 0 aliphatic rings. The van der Waals surface area contributed by atoms with Gasteiger partial charge in [-0.2, -0.15) is 8.42 Å². The fourth-order valence-corrected chi connectivity index (χ4v) is 3.65. The SMILES string of the molecule is Cc1ccc(S(=O)(=O)OC(NC(=O)OC(C)(C)C)[C@H](O)CCc2ccccc2)cc1. The van der Waals surface area contributed by atoms with Crippen molar-refractivity contribution < 1.29 is 27.2 Å². The number of alkyl carbamates (subject to hydrolysis) is 1. The molecule has 0 bridgehead atoms. The van der Waals surface area contributed by atoms with E-state index in [0.29, 0.717) is 6.42 Å². The van der Waals surface area contributed by atoms with E-state index >= 15 is 0 Å². The molecule has 30 heavy (non-hydrogen) atoms. The Morgan fingerprint density at radius 1 is 1.07 bits per heavy atom. The number of aliphatic hydroxyl groups excluding tert-OH is 1. The molecule has 7 nitrogen and oxygen atoms in total. The van der Waals surface area contributed by atoms with E-state index in [4.69, 9.17) is 8.92 Å². The van der Waals surface area contributed by atoms with Gasteiger partial charge < -0.3 is 9.84 Å². The number of aryl methyl sites for hydroxylation is 2. The molecule has 0 fully saturated rings. The third kappa shape index (κ3) is 7.78. The minimum atomic E-state index is -4.22. The minimum absolute atomic E-state index is 0.0700. The number of amides is 1. The number of nitrogens with one attached hydrogen (secondary N) is 1. The summed E-state index contributed by atoms with van der Waals surface area (Å²) in [6.07, 6.45) is -3.02. The van der Waals surface area contributed by atoms with Crippen molar-refractivity contribution in [3.05, 3.63) is 65.7 Å². The zero-order chi connectivity index (χ0) is 22.4. The van der Waals surface area contributed by atoms with Gasteiger partial charge in [0.2, 0.25) is 0 Å². The van der Waals surface area contributed by atoms with Gasteiger partial charge in [-0.05, 0) is 58.2 Å². The van der Waals surface area contributed by atoms with E-state index < -0.39 is 34.1 Å². The van der Waals surface area contributed by atoms with Crippen LogP contribution in [0.5, 0.6) is 0 Å². The summed E-state index contributed by atoms with van der Waals surface area (Å²) in [5.74, 6) is 0. The van der Waals surface area contributed by atoms with Gasteiger partial charge in [-0.25, -0.2) is 8.98 Å². The monoisotopic (exact) mass is 435 g/mol. The average Bonchev–Trinajstić information content (AvgIpc) is 2.65. The molecule has 164 valence electrons. The number of carbonyl (C=O) groups is 1. The predicted octanol–water partition coefficient (Wildman–Crippen LogP) is 3.54. The topological polar surface area (TPSA) is 102 Å². The normalized spacial score (nSPS) is 14.0. The summed E-state index contributed by atoms with van der Waals surface area (Å²) in [5.41, 5.74) is 1.06. The highest BCUT2D eigenvalue weighted by Crippen LogP contribution is 2.18. The zero-order valence-electron chi connectivity index (χ0n) is 17.7. The van der Waals surface area contributed by atoms with Crippen LogP contribution in [0.2, 0.25) is 0 Å². The van der Waals surface area contributed by atoms with Crippen LogP contribution in [0.3, 0.4) is 0 Å². The van der Waals surface area contributed by atoms with Crippen molar-refractivity contribution >= 4 is 16.2 Å². The lowest BCUT2D eigenvalue weighted by Crippen LogP contribution is -2.48. The number of aliphatic hydroxyl groups is 1. The number of hydrogen-bond acceptors (Lipinski definition) is 6. The molecule has 0 saturated carbocycles. The second-order valence-electron chi connectivity index (χ2n) is 8.02. The molecule has 0 spiro atoms. The first-order chi connectivity index (χ1) is 14.0. The Balaban J connectivity index is 2.16. The maximum atomic E-state index is 12.7. The van der Waals surface area contributed by atoms with Crippen LogP contribution < -0.4 is 5.32 Å². The number of rotatable bonds is 8. The Bertz CT molecular complexity index is 920. The molecule has 0 aliphatic carbocycles. The van der Waals surface area contributed by atoms with E-state index in [9.17, 15) is 18.3 Å². The maximum absolute atomic E-state index is 12.7. The van der Waals surface area contributed by atoms with E-state index in [1.54, 1.807) is 32.9 Å². The van der Waals surface area contributed by atoms with Crippen molar-refractivity contribution in [2.24, 2.45) is 0 Å². The molecular formula is C22H29NO6S. The molecular weight excluding hydrogens is 406 g/mol. The van der Waals surface area contributed by atoms with Crippen LogP contribution in [-0.4, -0.2) is 37.6 Å². The largest absolute Gasteiger partial charge is 0.444 e. The van der Waals surface area contributed by atoms with Gasteiger partial charge in [-0.15, -0.1) is 0 Å². The maximum Gasteiger partial charge on any atom is 0.409 e. The summed E-state index contributed by atoms with van der Waals surface area (Å²) in [6.45, 7) is 6.86. The second kappa shape index (κ2) is 10.1. The quantitative estimate of drug-likeness (QED) is 0.486. The standard InChI is InChI=1S/C22H29NO6S/c1-16-10-13-18(14-11-16)30(26,27)29-20(23-21(25)28-22(2,3)4)19(24)15-12-17-8-6-5-7-9-17/h5-11,13-14,19-20,24H,12,15H2,1-4H3,(H,23,25)/t19-,20?/m1/s1. The van der Waals surface area contributed by atoms with Crippen molar-refractivity contribution in [2.45, 2.75) is 63.4 Å². The van der Waals surface area contributed by atoms with Crippen LogP contribution >= 0.6 is 0 Å². The Morgan fingerprint density at radius 2 is 1.67 bits per heavy atom. The van der Waals surface area contributed by atoms with Crippen LogP contribution in [0.25, 0.3) is 0 Å². The average molecular weight is 436 g/mol.